The highest BCUT2D eigenvalue weighted by Gasteiger charge is 2.30. The van der Waals surface area contributed by atoms with Gasteiger partial charge in [0.2, 0.25) is 0 Å². The zero-order valence-electron chi connectivity index (χ0n) is 16.0. The second-order valence-corrected chi connectivity index (χ2v) is 8.09. The molecular formula is C26H21F3. The van der Waals surface area contributed by atoms with Crippen LogP contribution in [0.3, 0.4) is 0 Å². The smallest absolute Gasteiger partial charge is 0.166 e. The lowest BCUT2D eigenvalue weighted by Crippen LogP contribution is -2.17. The van der Waals surface area contributed by atoms with Crippen LogP contribution in [0.25, 0.3) is 21.5 Å². The molecule has 1 aliphatic carbocycles. The molecule has 0 nitrogen and oxygen atoms in total. The van der Waals surface area contributed by atoms with Crippen molar-refractivity contribution in [3.8, 4) is 0 Å². The number of halogens is 3. The van der Waals surface area contributed by atoms with Crippen molar-refractivity contribution in [2.24, 2.45) is 5.92 Å². The molecule has 4 aromatic rings. The third-order valence-corrected chi connectivity index (χ3v) is 6.25. The van der Waals surface area contributed by atoms with Crippen molar-refractivity contribution in [1.82, 2.24) is 0 Å². The number of benzene rings is 4. The first-order chi connectivity index (χ1) is 14.0. The maximum atomic E-state index is 12.8. The van der Waals surface area contributed by atoms with Gasteiger partial charge >= 0.3 is 6.18 Å². The Morgan fingerprint density at radius 1 is 0.759 bits per heavy atom. The molecule has 0 aromatic heterocycles. The molecule has 1 unspecified atom stereocenters. The molecular weight excluding hydrogens is 369 g/mol. The number of hydrogen-bond donors (Lipinski definition) is 0. The Kier molecular flexibility index (Phi) is 4.34. The number of rotatable bonds is 2. The predicted molar refractivity (Wildman–Crippen MR) is 112 cm³/mol. The van der Waals surface area contributed by atoms with Gasteiger partial charge in [0, 0.05) is 0 Å². The molecule has 3 heteroatoms. The maximum absolute atomic E-state index is 12.8. The summed E-state index contributed by atoms with van der Waals surface area (Å²) in [6.45, 7) is 0. The van der Waals surface area contributed by atoms with Gasteiger partial charge in [-0.3, -0.25) is 0 Å². The molecule has 5 rings (SSSR count). The van der Waals surface area contributed by atoms with E-state index < -0.39 is 11.7 Å². The van der Waals surface area contributed by atoms with Crippen molar-refractivity contribution in [2.75, 3.05) is 0 Å². The first-order valence-corrected chi connectivity index (χ1v) is 10.1. The van der Waals surface area contributed by atoms with Crippen LogP contribution in [0, 0.1) is 5.92 Å². The Bertz CT molecular complexity index is 1190. The molecule has 0 aliphatic heterocycles. The lowest BCUT2D eigenvalue weighted by molar-refractivity contribution is -0.137. The van der Waals surface area contributed by atoms with Crippen LogP contribution in [0.1, 0.15) is 28.7 Å². The minimum atomic E-state index is -4.27. The molecule has 29 heavy (non-hydrogen) atoms. The Hall–Kier alpha value is -2.81. The zero-order chi connectivity index (χ0) is 20.0. The topological polar surface area (TPSA) is 0 Å². The minimum absolute atomic E-state index is 0.470. The van der Waals surface area contributed by atoms with Crippen molar-refractivity contribution >= 4 is 21.5 Å². The van der Waals surface area contributed by atoms with Gasteiger partial charge in [-0.1, -0.05) is 60.7 Å². The van der Waals surface area contributed by atoms with E-state index in [0.29, 0.717) is 5.92 Å². The molecule has 146 valence electrons. The van der Waals surface area contributed by atoms with Crippen molar-refractivity contribution in [3.63, 3.8) is 0 Å². The fraction of sp³-hybridized carbons (Fsp3) is 0.231. The van der Waals surface area contributed by atoms with Crippen molar-refractivity contribution in [1.29, 1.82) is 0 Å². The van der Waals surface area contributed by atoms with E-state index in [0.717, 1.165) is 31.2 Å². The molecule has 0 spiro atoms. The summed E-state index contributed by atoms with van der Waals surface area (Å²) >= 11 is 0. The van der Waals surface area contributed by atoms with Crippen molar-refractivity contribution in [3.05, 3.63) is 95.1 Å². The molecule has 0 N–H and O–H groups in total. The first-order valence-electron chi connectivity index (χ1n) is 10.1. The molecule has 0 saturated heterocycles. The van der Waals surface area contributed by atoms with Crippen LogP contribution in [-0.4, -0.2) is 0 Å². The zero-order valence-corrected chi connectivity index (χ0v) is 16.0. The molecule has 0 fully saturated rings. The van der Waals surface area contributed by atoms with Crippen LogP contribution in [0.4, 0.5) is 13.2 Å². The molecule has 0 bridgehead atoms. The van der Waals surface area contributed by atoms with E-state index in [2.05, 4.69) is 48.5 Å². The number of hydrogen-bond acceptors (Lipinski definition) is 0. The molecule has 0 saturated carbocycles. The van der Waals surface area contributed by atoms with Gasteiger partial charge in [-0.25, -0.2) is 0 Å². The van der Waals surface area contributed by atoms with E-state index in [9.17, 15) is 13.2 Å². The number of fused-ring (bicyclic) bond motifs is 5. The van der Waals surface area contributed by atoms with Crippen LogP contribution >= 0.6 is 0 Å². The fourth-order valence-corrected chi connectivity index (χ4v) is 4.78. The van der Waals surface area contributed by atoms with Gasteiger partial charge in [0.15, 0.2) is 0 Å². The second-order valence-electron chi connectivity index (χ2n) is 8.09. The van der Waals surface area contributed by atoms with E-state index in [-0.39, 0.29) is 0 Å². The summed E-state index contributed by atoms with van der Waals surface area (Å²) in [7, 11) is 0. The van der Waals surface area contributed by atoms with Gasteiger partial charge < -0.3 is 0 Å². The summed E-state index contributed by atoms with van der Waals surface area (Å²) in [5, 5.41) is 5.20. The van der Waals surface area contributed by atoms with Gasteiger partial charge in [0.1, 0.15) is 0 Å². The Morgan fingerprint density at radius 2 is 1.52 bits per heavy atom. The van der Waals surface area contributed by atoms with Crippen LogP contribution in [-0.2, 0) is 25.4 Å². The lowest BCUT2D eigenvalue weighted by Gasteiger charge is -2.26. The third-order valence-electron chi connectivity index (χ3n) is 6.25. The highest BCUT2D eigenvalue weighted by Crippen LogP contribution is 2.36. The van der Waals surface area contributed by atoms with E-state index in [1.807, 2.05) is 0 Å². The monoisotopic (exact) mass is 390 g/mol. The van der Waals surface area contributed by atoms with E-state index in [1.54, 1.807) is 12.1 Å². The Labute approximate surface area is 168 Å². The van der Waals surface area contributed by atoms with Crippen molar-refractivity contribution in [2.45, 2.75) is 31.9 Å². The summed E-state index contributed by atoms with van der Waals surface area (Å²) in [5.74, 6) is 0.470. The van der Waals surface area contributed by atoms with Gasteiger partial charge in [0.25, 0.3) is 0 Å². The summed E-state index contributed by atoms with van der Waals surface area (Å²) in [5.41, 5.74) is 3.24. The normalized spacial score (nSPS) is 16.9. The standard InChI is InChI=1S/C26H21F3/c27-26(28,29)21-10-5-17(6-11-21)15-18-7-12-23-20(16-18)9-14-24-22-4-2-1-3-19(22)8-13-25(23)24/h1-6,8-11,13-14,18H,7,12,15-16H2. The van der Waals surface area contributed by atoms with E-state index >= 15 is 0 Å². The summed E-state index contributed by atoms with van der Waals surface area (Å²) in [4.78, 5) is 0. The maximum Gasteiger partial charge on any atom is 0.416 e. The highest BCUT2D eigenvalue weighted by molar-refractivity contribution is 6.08. The lowest BCUT2D eigenvalue weighted by atomic mass is 9.78. The van der Waals surface area contributed by atoms with E-state index in [1.165, 1.54) is 44.8 Å². The fourth-order valence-electron chi connectivity index (χ4n) is 4.78. The largest absolute Gasteiger partial charge is 0.416 e. The molecule has 0 radical (unpaired) electrons. The quantitative estimate of drug-likeness (QED) is 0.314. The average molecular weight is 390 g/mol. The summed E-state index contributed by atoms with van der Waals surface area (Å²) in [6.07, 6.45) is -0.365. The molecule has 1 aliphatic rings. The molecule has 4 aromatic carbocycles. The molecule has 1 atom stereocenters. The van der Waals surface area contributed by atoms with Crippen LogP contribution in [0.5, 0.6) is 0 Å². The number of aryl methyl sites for hydroxylation is 1. The van der Waals surface area contributed by atoms with Crippen LogP contribution < -0.4 is 0 Å². The second kappa shape index (κ2) is 6.91. The Balaban J connectivity index is 1.41. The van der Waals surface area contributed by atoms with Crippen LogP contribution in [0.2, 0.25) is 0 Å². The third kappa shape index (κ3) is 3.39. The molecule has 0 heterocycles. The summed E-state index contributed by atoms with van der Waals surface area (Å²) < 4.78 is 38.3. The van der Waals surface area contributed by atoms with E-state index in [4.69, 9.17) is 0 Å². The first kappa shape index (κ1) is 18.2. The van der Waals surface area contributed by atoms with Gasteiger partial charge in [-0.2, -0.15) is 13.2 Å². The minimum Gasteiger partial charge on any atom is -0.166 e. The van der Waals surface area contributed by atoms with Crippen molar-refractivity contribution < 1.29 is 13.2 Å². The van der Waals surface area contributed by atoms with Gasteiger partial charge in [-0.15, -0.1) is 0 Å². The summed E-state index contributed by atoms with van der Waals surface area (Å²) in [6, 6.07) is 23.1. The average Bonchev–Trinajstić information content (AvgIpc) is 2.73. The van der Waals surface area contributed by atoms with Crippen LogP contribution in [0.15, 0.2) is 72.8 Å². The van der Waals surface area contributed by atoms with Gasteiger partial charge in [0.05, 0.1) is 5.56 Å². The predicted octanol–water partition coefficient (Wildman–Crippen LogP) is 7.36. The van der Waals surface area contributed by atoms with Gasteiger partial charge in [-0.05, 0) is 82.0 Å². The Morgan fingerprint density at radius 3 is 2.31 bits per heavy atom. The molecule has 0 amide bonds. The number of alkyl halides is 3. The highest BCUT2D eigenvalue weighted by atomic mass is 19.4. The SMILES string of the molecule is FC(F)(F)c1ccc(CC2CCc3c(ccc4c3ccc3ccccc34)C2)cc1.